The molecule has 0 fully saturated rings. The molecule has 0 radical (unpaired) electrons. The van der Waals surface area contributed by atoms with E-state index in [0.717, 1.165) is 22.4 Å². The number of hydrogen-bond donors (Lipinski definition) is 2. The summed E-state index contributed by atoms with van der Waals surface area (Å²) in [6.45, 7) is 0. The topological polar surface area (TPSA) is 32.3 Å². The lowest BCUT2D eigenvalue weighted by atomic mass is 10.0. The zero-order chi connectivity index (χ0) is 13.4. The first-order valence-corrected chi connectivity index (χ1v) is 6.61. The molecule has 96 valence electrons. The summed E-state index contributed by atoms with van der Waals surface area (Å²) in [5.74, 6) is 0. The summed E-state index contributed by atoms with van der Waals surface area (Å²) in [6, 6.07) is 13.2. The number of nitrogens with one attached hydrogen (secondary N) is 1. The predicted octanol–water partition coefficient (Wildman–Crippen LogP) is 4.28. The molecule has 1 aliphatic heterocycles. The van der Waals surface area contributed by atoms with E-state index in [2.05, 4.69) is 5.32 Å². The molecule has 0 bridgehead atoms. The molecule has 2 aromatic rings. The molecule has 0 aliphatic carbocycles. The van der Waals surface area contributed by atoms with Crippen molar-refractivity contribution >= 4 is 40.5 Å². The minimum absolute atomic E-state index is 0.504. The Bertz CT molecular complexity index is 667. The fraction of sp³-hybridized carbons (Fsp3) is 0.0667. The van der Waals surface area contributed by atoms with Crippen LogP contribution in [0.4, 0.5) is 5.69 Å². The van der Waals surface area contributed by atoms with E-state index < -0.39 is 6.23 Å². The molecule has 0 saturated carbocycles. The molecule has 0 aromatic heterocycles. The lowest BCUT2D eigenvalue weighted by Crippen LogP contribution is -2.12. The van der Waals surface area contributed by atoms with Gasteiger partial charge >= 0.3 is 0 Å². The van der Waals surface area contributed by atoms with E-state index in [1.807, 2.05) is 36.4 Å². The maximum atomic E-state index is 10.1. The third-order valence-electron chi connectivity index (χ3n) is 3.09. The standard InChI is InChI=1S/C15H11Cl2NO/c16-12-6-5-9(8-13(12)17)7-11-10-3-1-2-4-14(10)18-15(11)19/h1-8,15,18-19H/b11-7-. The second-order valence-corrected chi connectivity index (χ2v) is 5.18. The molecule has 1 heterocycles. The predicted molar refractivity (Wildman–Crippen MR) is 80.4 cm³/mol. The normalized spacial score (nSPS) is 19.3. The molecule has 0 saturated heterocycles. The van der Waals surface area contributed by atoms with Gasteiger partial charge in [-0.2, -0.15) is 0 Å². The molecule has 2 nitrogen and oxygen atoms in total. The van der Waals surface area contributed by atoms with Crippen LogP contribution in [0.1, 0.15) is 11.1 Å². The van der Waals surface area contributed by atoms with Crippen molar-refractivity contribution in [3.05, 3.63) is 63.6 Å². The minimum atomic E-state index is -0.702. The molecule has 19 heavy (non-hydrogen) atoms. The first-order chi connectivity index (χ1) is 9.15. The highest BCUT2D eigenvalue weighted by molar-refractivity contribution is 6.42. The fourth-order valence-electron chi connectivity index (χ4n) is 2.17. The number of rotatable bonds is 1. The van der Waals surface area contributed by atoms with Gasteiger partial charge in [-0.25, -0.2) is 0 Å². The maximum absolute atomic E-state index is 10.1. The highest BCUT2D eigenvalue weighted by atomic mass is 35.5. The Labute approximate surface area is 121 Å². The van der Waals surface area contributed by atoms with E-state index in [4.69, 9.17) is 23.2 Å². The number of fused-ring (bicyclic) bond motifs is 1. The van der Waals surface area contributed by atoms with Gasteiger partial charge in [0.1, 0.15) is 0 Å². The van der Waals surface area contributed by atoms with Gasteiger partial charge in [0.2, 0.25) is 0 Å². The first kappa shape index (κ1) is 12.5. The van der Waals surface area contributed by atoms with E-state index in [1.54, 1.807) is 12.1 Å². The van der Waals surface area contributed by atoms with Crippen molar-refractivity contribution in [2.75, 3.05) is 5.32 Å². The smallest absolute Gasteiger partial charge is 0.151 e. The van der Waals surface area contributed by atoms with Crippen molar-refractivity contribution in [1.29, 1.82) is 0 Å². The summed E-state index contributed by atoms with van der Waals surface area (Å²) in [7, 11) is 0. The number of halogens is 2. The van der Waals surface area contributed by atoms with Crippen LogP contribution in [0.2, 0.25) is 10.0 Å². The van der Waals surface area contributed by atoms with Crippen LogP contribution < -0.4 is 5.32 Å². The molecular weight excluding hydrogens is 281 g/mol. The Hall–Kier alpha value is -1.48. The first-order valence-electron chi connectivity index (χ1n) is 5.86. The van der Waals surface area contributed by atoms with Crippen LogP contribution in [-0.2, 0) is 0 Å². The van der Waals surface area contributed by atoms with Crippen LogP contribution in [0.5, 0.6) is 0 Å². The summed E-state index contributed by atoms with van der Waals surface area (Å²) in [6.07, 6.45) is 1.21. The molecule has 3 rings (SSSR count). The van der Waals surface area contributed by atoms with Gasteiger partial charge in [0.15, 0.2) is 6.23 Å². The molecule has 1 atom stereocenters. The molecule has 0 spiro atoms. The van der Waals surface area contributed by atoms with Crippen LogP contribution >= 0.6 is 23.2 Å². The molecule has 1 aliphatic rings. The second-order valence-electron chi connectivity index (χ2n) is 4.37. The van der Waals surface area contributed by atoms with Crippen molar-refractivity contribution in [3.63, 3.8) is 0 Å². The van der Waals surface area contributed by atoms with Crippen molar-refractivity contribution in [2.45, 2.75) is 6.23 Å². The van der Waals surface area contributed by atoms with Gasteiger partial charge in [-0.05, 0) is 29.8 Å². The van der Waals surface area contributed by atoms with Crippen LogP contribution in [0.25, 0.3) is 11.6 Å². The third kappa shape index (κ3) is 2.35. The SMILES string of the molecule is OC1Nc2ccccc2/C1=C/c1ccc(Cl)c(Cl)c1. The van der Waals surface area contributed by atoms with Gasteiger partial charge in [-0.15, -0.1) is 0 Å². The van der Waals surface area contributed by atoms with Crippen LogP contribution in [-0.4, -0.2) is 11.3 Å². The Kier molecular flexibility index (Phi) is 3.23. The zero-order valence-electron chi connectivity index (χ0n) is 9.90. The second kappa shape index (κ2) is 4.89. The Morgan fingerprint density at radius 3 is 2.63 bits per heavy atom. The van der Waals surface area contributed by atoms with Gasteiger partial charge in [-0.3, -0.25) is 0 Å². The molecule has 4 heteroatoms. The third-order valence-corrected chi connectivity index (χ3v) is 3.83. The number of anilines is 1. The zero-order valence-corrected chi connectivity index (χ0v) is 11.4. The molecule has 0 amide bonds. The van der Waals surface area contributed by atoms with Gasteiger partial charge in [0.05, 0.1) is 10.0 Å². The summed E-state index contributed by atoms with van der Waals surface area (Å²) < 4.78 is 0. The Morgan fingerprint density at radius 1 is 1.05 bits per heavy atom. The van der Waals surface area contributed by atoms with Gasteiger partial charge < -0.3 is 10.4 Å². The number of benzene rings is 2. The highest BCUT2D eigenvalue weighted by Crippen LogP contribution is 2.35. The maximum Gasteiger partial charge on any atom is 0.151 e. The Balaban J connectivity index is 2.06. The quantitative estimate of drug-likeness (QED) is 0.822. The molecule has 1 unspecified atom stereocenters. The van der Waals surface area contributed by atoms with Crippen molar-refractivity contribution < 1.29 is 5.11 Å². The summed E-state index contributed by atoms with van der Waals surface area (Å²) in [5, 5.41) is 14.1. The van der Waals surface area contributed by atoms with E-state index in [0.29, 0.717) is 10.0 Å². The summed E-state index contributed by atoms with van der Waals surface area (Å²) in [4.78, 5) is 0. The largest absolute Gasteiger partial charge is 0.369 e. The lowest BCUT2D eigenvalue weighted by molar-refractivity contribution is 0.266. The van der Waals surface area contributed by atoms with Crippen molar-refractivity contribution in [3.8, 4) is 0 Å². The van der Waals surface area contributed by atoms with Crippen LogP contribution in [0, 0.1) is 0 Å². The van der Waals surface area contributed by atoms with E-state index in [1.165, 1.54) is 0 Å². The van der Waals surface area contributed by atoms with Gasteiger partial charge in [0.25, 0.3) is 0 Å². The van der Waals surface area contributed by atoms with Gasteiger partial charge in [-0.1, -0.05) is 47.5 Å². The Morgan fingerprint density at radius 2 is 1.84 bits per heavy atom. The van der Waals surface area contributed by atoms with E-state index in [9.17, 15) is 5.11 Å². The number of hydrogen-bond acceptors (Lipinski definition) is 2. The number of aliphatic hydroxyl groups excluding tert-OH is 1. The van der Waals surface area contributed by atoms with Gasteiger partial charge in [0, 0.05) is 16.8 Å². The minimum Gasteiger partial charge on any atom is -0.369 e. The fourth-order valence-corrected chi connectivity index (χ4v) is 2.48. The van der Waals surface area contributed by atoms with Crippen molar-refractivity contribution in [2.24, 2.45) is 0 Å². The average molecular weight is 292 g/mol. The molecular formula is C15H11Cl2NO. The van der Waals surface area contributed by atoms with E-state index >= 15 is 0 Å². The molecule has 2 N–H and O–H groups in total. The van der Waals surface area contributed by atoms with Crippen LogP contribution in [0.3, 0.4) is 0 Å². The number of para-hydroxylation sites is 1. The summed E-state index contributed by atoms with van der Waals surface area (Å²) in [5.41, 5.74) is 3.67. The average Bonchev–Trinajstić information content (AvgIpc) is 2.71. The highest BCUT2D eigenvalue weighted by Gasteiger charge is 2.23. The van der Waals surface area contributed by atoms with Crippen molar-refractivity contribution in [1.82, 2.24) is 0 Å². The van der Waals surface area contributed by atoms with E-state index in [-0.39, 0.29) is 0 Å². The monoisotopic (exact) mass is 291 g/mol. The number of aliphatic hydroxyl groups is 1. The van der Waals surface area contributed by atoms with Crippen LogP contribution in [0.15, 0.2) is 42.5 Å². The molecule has 2 aromatic carbocycles. The summed E-state index contributed by atoms with van der Waals surface area (Å²) >= 11 is 11.9. The lowest BCUT2D eigenvalue weighted by Gasteiger charge is -2.06.